The van der Waals surface area contributed by atoms with Crippen molar-refractivity contribution in [3.63, 3.8) is 0 Å². The fourth-order valence-electron chi connectivity index (χ4n) is 2.00. The largest absolute Gasteiger partial charge is 0.497 e. The maximum absolute atomic E-state index is 5.86. The normalized spacial score (nSPS) is 12.4. The molecule has 0 radical (unpaired) electrons. The SMILES string of the molecule is COc1ccc(-c2cn(C)nc2CC(C)N)cc1. The van der Waals surface area contributed by atoms with Gasteiger partial charge in [-0.25, -0.2) is 0 Å². The first kappa shape index (κ1) is 12.6. The Morgan fingerprint density at radius 2 is 2.00 bits per heavy atom. The third-order valence-corrected chi connectivity index (χ3v) is 2.82. The number of aromatic nitrogens is 2. The maximum atomic E-state index is 5.86. The average molecular weight is 245 g/mol. The van der Waals surface area contributed by atoms with Crippen molar-refractivity contribution in [1.82, 2.24) is 9.78 Å². The Kier molecular flexibility index (Phi) is 3.67. The standard InChI is InChI=1S/C14H19N3O/c1-10(15)8-14-13(9-17(2)16-14)11-4-6-12(18-3)7-5-11/h4-7,9-10H,8,15H2,1-3H3. The van der Waals surface area contributed by atoms with E-state index in [4.69, 9.17) is 10.5 Å². The number of methoxy groups -OCH3 is 1. The highest BCUT2D eigenvalue weighted by atomic mass is 16.5. The van der Waals surface area contributed by atoms with Crippen LogP contribution in [0.4, 0.5) is 0 Å². The Morgan fingerprint density at radius 1 is 1.33 bits per heavy atom. The second-order valence-electron chi connectivity index (χ2n) is 4.57. The summed E-state index contributed by atoms with van der Waals surface area (Å²) in [6.07, 6.45) is 2.81. The van der Waals surface area contributed by atoms with Gasteiger partial charge in [-0.05, 0) is 24.6 Å². The monoisotopic (exact) mass is 245 g/mol. The lowest BCUT2D eigenvalue weighted by Gasteiger charge is -2.06. The lowest BCUT2D eigenvalue weighted by molar-refractivity contribution is 0.415. The number of aryl methyl sites for hydroxylation is 1. The number of hydrogen-bond donors (Lipinski definition) is 1. The van der Waals surface area contributed by atoms with E-state index >= 15 is 0 Å². The van der Waals surface area contributed by atoms with Gasteiger partial charge in [-0.2, -0.15) is 5.10 Å². The van der Waals surface area contributed by atoms with Gasteiger partial charge in [0, 0.05) is 31.3 Å². The molecule has 1 unspecified atom stereocenters. The summed E-state index contributed by atoms with van der Waals surface area (Å²) in [4.78, 5) is 0. The minimum absolute atomic E-state index is 0.108. The van der Waals surface area contributed by atoms with E-state index in [1.54, 1.807) is 7.11 Å². The zero-order valence-corrected chi connectivity index (χ0v) is 11.1. The second-order valence-corrected chi connectivity index (χ2v) is 4.57. The summed E-state index contributed by atoms with van der Waals surface area (Å²) >= 11 is 0. The molecule has 0 saturated carbocycles. The fourth-order valence-corrected chi connectivity index (χ4v) is 2.00. The molecule has 0 aliphatic heterocycles. The van der Waals surface area contributed by atoms with Crippen molar-refractivity contribution in [3.8, 4) is 16.9 Å². The molecule has 1 atom stereocenters. The molecule has 0 aliphatic rings. The maximum Gasteiger partial charge on any atom is 0.118 e. The molecule has 4 heteroatoms. The van der Waals surface area contributed by atoms with Crippen LogP contribution in [0, 0.1) is 0 Å². The second kappa shape index (κ2) is 5.23. The number of benzene rings is 1. The van der Waals surface area contributed by atoms with Crippen LogP contribution in [-0.4, -0.2) is 22.9 Å². The van der Waals surface area contributed by atoms with Crippen LogP contribution >= 0.6 is 0 Å². The fraction of sp³-hybridized carbons (Fsp3) is 0.357. The first-order valence-corrected chi connectivity index (χ1v) is 6.02. The van der Waals surface area contributed by atoms with E-state index in [0.717, 1.165) is 29.0 Å². The molecule has 0 spiro atoms. The number of nitrogens with zero attached hydrogens (tertiary/aromatic N) is 2. The summed E-state index contributed by atoms with van der Waals surface area (Å²) in [5, 5.41) is 4.48. The van der Waals surface area contributed by atoms with Crippen molar-refractivity contribution in [2.45, 2.75) is 19.4 Å². The van der Waals surface area contributed by atoms with E-state index in [2.05, 4.69) is 5.10 Å². The average Bonchev–Trinajstić information content (AvgIpc) is 2.69. The predicted molar refractivity (Wildman–Crippen MR) is 72.5 cm³/mol. The molecule has 18 heavy (non-hydrogen) atoms. The zero-order chi connectivity index (χ0) is 13.1. The predicted octanol–water partition coefficient (Wildman–Crippen LogP) is 1.99. The van der Waals surface area contributed by atoms with Crippen LogP contribution in [0.2, 0.25) is 0 Å². The van der Waals surface area contributed by atoms with Gasteiger partial charge in [0.15, 0.2) is 0 Å². The topological polar surface area (TPSA) is 53.1 Å². The van der Waals surface area contributed by atoms with E-state index in [1.807, 2.05) is 49.1 Å². The Balaban J connectivity index is 2.36. The van der Waals surface area contributed by atoms with E-state index in [1.165, 1.54) is 0 Å². The molecule has 4 nitrogen and oxygen atoms in total. The molecular formula is C14H19N3O. The molecule has 0 fully saturated rings. The highest BCUT2D eigenvalue weighted by molar-refractivity contribution is 5.66. The summed E-state index contributed by atoms with van der Waals surface area (Å²) < 4.78 is 6.99. The third kappa shape index (κ3) is 2.71. The van der Waals surface area contributed by atoms with Gasteiger partial charge < -0.3 is 10.5 Å². The van der Waals surface area contributed by atoms with Crippen molar-refractivity contribution in [2.24, 2.45) is 12.8 Å². The van der Waals surface area contributed by atoms with Crippen molar-refractivity contribution in [3.05, 3.63) is 36.2 Å². The molecule has 1 aromatic heterocycles. The number of rotatable bonds is 4. The number of hydrogen-bond acceptors (Lipinski definition) is 3. The van der Waals surface area contributed by atoms with Crippen LogP contribution in [0.3, 0.4) is 0 Å². The van der Waals surface area contributed by atoms with Crippen LogP contribution in [0.1, 0.15) is 12.6 Å². The van der Waals surface area contributed by atoms with Crippen LogP contribution in [0.5, 0.6) is 5.75 Å². The Bertz CT molecular complexity index is 514. The van der Waals surface area contributed by atoms with Gasteiger partial charge in [-0.15, -0.1) is 0 Å². The van der Waals surface area contributed by atoms with Gasteiger partial charge in [0.2, 0.25) is 0 Å². The van der Waals surface area contributed by atoms with Gasteiger partial charge in [-0.1, -0.05) is 12.1 Å². The summed E-state index contributed by atoms with van der Waals surface area (Å²) in [5.74, 6) is 0.858. The Morgan fingerprint density at radius 3 is 2.56 bits per heavy atom. The lowest BCUT2D eigenvalue weighted by Crippen LogP contribution is -2.18. The van der Waals surface area contributed by atoms with E-state index in [9.17, 15) is 0 Å². The minimum Gasteiger partial charge on any atom is -0.497 e. The summed E-state index contributed by atoms with van der Waals surface area (Å²) in [6, 6.07) is 8.11. The third-order valence-electron chi connectivity index (χ3n) is 2.82. The highest BCUT2D eigenvalue weighted by Crippen LogP contribution is 2.25. The molecule has 0 bridgehead atoms. The van der Waals surface area contributed by atoms with Gasteiger partial charge in [0.25, 0.3) is 0 Å². The molecule has 0 amide bonds. The Hall–Kier alpha value is -1.81. The van der Waals surface area contributed by atoms with Crippen LogP contribution in [0.25, 0.3) is 11.1 Å². The minimum atomic E-state index is 0.108. The highest BCUT2D eigenvalue weighted by Gasteiger charge is 2.11. The van der Waals surface area contributed by atoms with E-state index in [0.29, 0.717) is 0 Å². The summed E-state index contributed by atoms with van der Waals surface area (Å²) in [5.41, 5.74) is 9.17. The van der Waals surface area contributed by atoms with E-state index < -0.39 is 0 Å². The smallest absolute Gasteiger partial charge is 0.118 e. The molecule has 2 N–H and O–H groups in total. The van der Waals surface area contributed by atoms with Gasteiger partial charge >= 0.3 is 0 Å². The first-order chi connectivity index (χ1) is 8.60. The number of ether oxygens (including phenoxy) is 1. The zero-order valence-electron chi connectivity index (χ0n) is 11.1. The summed E-state index contributed by atoms with van der Waals surface area (Å²) in [6.45, 7) is 1.99. The molecule has 0 saturated heterocycles. The van der Waals surface area contributed by atoms with Gasteiger partial charge in [0.1, 0.15) is 5.75 Å². The molecule has 1 aromatic carbocycles. The quantitative estimate of drug-likeness (QED) is 0.896. The van der Waals surface area contributed by atoms with Crippen LogP contribution in [-0.2, 0) is 13.5 Å². The Labute approximate surface area is 107 Å². The molecule has 1 heterocycles. The molecule has 96 valence electrons. The van der Waals surface area contributed by atoms with Gasteiger partial charge in [-0.3, -0.25) is 4.68 Å². The van der Waals surface area contributed by atoms with Crippen molar-refractivity contribution >= 4 is 0 Å². The number of nitrogens with two attached hydrogens (primary N) is 1. The molecule has 0 aliphatic carbocycles. The van der Waals surface area contributed by atoms with Crippen molar-refractivity contribution in [1.29, 1.82) is 0 Å². The van der Waals surface area contributed by atoms with Crippen LogP contribution in [0.15, 0.2) is 30.5 Å². The molecular weight excluding hydrogens is 226 g/mol. The van der Waals surface area contributed by atoms with E-state index in [-0.39, 0.29) is 6.04 Å². The van der Waals surface area contributed by atoms with Crippen LogP contribution < -0.4 is 10.5 Å². The lowest BCUT2D eigenvalue weighted by atomic mass is 10.0. The van der Waals surface area contributed by atoms with Crippen molar-refractivity contribution < 1.29 is 4.74 Å². The van der Waals surface area contributed by atoms with Gasteiger partial charge in [0.05, 0.1) is 12.8 Å². The van der Waals surface area contributed by atoms with Crippen molar-refractivity contribution in [2.75, 3.05) is 7.11 Å². The molecule has 2 rings (SSSR count). The first-order valence-electron chi connectivity index (χ1n) is 6.02. The summed E-state index contributed by atoms with van der Waals surface area (Å²) in [7, 11) is 3.60. The molecule has 2 aromatic rings.